The predicted octanol–water partition coefficient (Wildman–Crippen LogP) is 4.53. The van der Waals surface area contributed by atoms with Crippen molar-refractivity contribution in [1.29, 1.82) is 0 Å². The van der Waals surface area contributed by atoms with Gasteiger partial charge in [0, 0.05) is 11.6 Å². The number of alkyl halides is 3. The van der Waals surface area contributed by atoms with Crippen molar-refractivity contribution >= 4 is 17.5 Å². The Balaban J connectivity index is 1.83. The summed E-state index contributed by atoms with van der Waals surface area (Å²) in [6.45, 7) is -0.187. The molecule has 28 heavy (non-hydrogen) atoms. The molecule has 0 radical (unpaired) electrons. The lowest BCUT2D eigenvalue weighted by Crippen LogP contribution is -2.33. The van der Waals surface area contributed by atoms with Crippen LogP contribution in [-0.2, 0) is 6.61 Å². The van der Waals surface area contributed by atoms with Gasteiger partial charge in [-0.05, 0) is 49.8 Å². The molecule has 2 aromatic rings. The minimum atomic E-state index is -4.22. The van der Waals surface area contributed by atoms with Crippen LogP contribution in [0.25, 0.3) is 0 Å². The van der Waals surface area contributed by atoms with Gasteiger partial charge in [0.1, 0.15) is 12.4 Å². The Morgan fingerprint density at radius 1 is 1.14 bits per heavy atom. The second-order valence-corrected chi connectivity index (χ2v) is 6.81. The van der Waals surface area contributed by atoms with Crippen LogP contribution in [0.3, 0.4) is 0 Å². The van der Waals surface area contributed by atoms with E-state index in [2.05, 4.69) is 5.32 Å². The van der Waals surface area contributed by atoms with Gasteiger partial charge in [0.15, 0.2) is 0 Å². The second-order valence-electron chi connectivity index (χ2n) is 6.37. The van der Waals surface area contributed by atoms with Gasteiger partial charge in [0.05, 0.1) is 12.1 Å². The fourth-order valence-electron chi connectivity index (χ4n) is 2.55. The summed E-state index contributed by atoms with van der Waals surface area (Å²) in [5.74, 6) is 0.106. The van der Waals surface area contributed by atoms with Crippen LogP contribution in [0.15, 0.2) is 48.5 Å². The molecule has 4 nitrogen and oxygen atoms in total. The molecule has 0 heterocycles. The van der Waals surface area contributed by atoms with Crippen molar-refractivity contribution in [3.8, 4) is 5.75 Å². The number of nitrogens with zero attached hydrogens (tertiary/aromatic N) is 1. The summed E-state index contributed by atoms with van der Waals surface area (Å²) < 4.78 is 42.6. The number of ether oxygens (including phenoxy) is 1. The minimum absolute atomic E-state index is 0.231. The fourth-order valence-corrected chi connectivity index (χ4v) is 2.68. The average molecular weight is 415 g/mol. The van der Waals surface area contributed by atoms with Gasteiger partial charge < -0.3 is 10.1 Å². The molecule has 152 valence electrons. The summed E-state index contributed by atoms with van der Waals surface area (Å²) in [4.78, 5) is 13.6. The van der Waals surface area contributed by atoms with E-state index in [1.54, 1.807) is 36.4 Å². The van der Waals surface area contributed by atoms with Crippen molar-refractivity contribution in [3.63, 3.8) is 0 Å². The van der Waals surface area contributed by atoms with E-state index in [4.69, 9.17) is 16.3 Å². The topological polar surface area (TPSA) is 41.6 Å². The van der Waals surface area contributed by atoms with Crippen LogP contribution in [0.1, 0.15) is 22.3 Å². The van der Waals surface area contributed by atoms with Gasteiger partial charge in [-0.15, -0.1) is 0 Å². The zero-order valence-corrected chi connectivity index (χ0v) is 16.2. The van der Waals surface area contributed by atoms with Crippen LogP contribution in [0.2, 0.25) is 5.02 Å². The third-order valence-electron chi connectivity index (χ3n) is 3.89. The molecule has 0 fully saturated rings. The molecule has 0 atom stereocenters. The molecule has 0 saturated carbocycles. The molecule has 0 aliphatic carbocycles. The van der Waals surface area contributed by atoms with E-state index in [0.29, 0.717) is 22.8 Å². The summed E-state index contributed by atoms with van der Waals surface area (Å²) >= 11 is 5.85. The van der Waals surface area contributed by atoms with E-state index in [1.165, 1.54) is 11.9 Å². The Bertz CT molecular complexity index is 767. The molecular weight excluding hydrogens is 393 g/mol. The van der Waals surface area contributed by atoms with Crippen molar-refractivity contribution in [2.75, 3.05) is 26.7 Å². The van der Waals surface area contributed by atoms with Crippen molar-refractivity contribution in [2.24, 2.45) is 0 Å². The number of benzene rings is 2. The van der Waals surface area contributed by atoms with Crippen LogP contribution in [0.4, 0.5) is 13.2 Å². The molecule has 0 aliphatic rings. The van der Waals surface area contributed by atoms with Crippen LogP contribution in [0.5, 0.6) is 5.75 Å². The first-order valence-corrected chi connectivity index (χ1v) is 9.12. The number of nitrogens with one attached hydrogen (secondary N) is 1. The Labute approximate surface area is 167 Å². The lowest BCUT2D eigenvalue weighted by molar-refractivity contribution is -0.143. The van der Waals surface area contributed by atoms with Gasteiger partial charge in [-0.2, -0.15) is 13.2 Å². The monoisotopic (exact) mass is 414 g/mol. The Morgan fingerprint density at radius 3 is 2.50 bits per heavy atom. The normalized spacial score (nSPS) is 11.5. The molecule has 8 heteroatoms. The van der Waals surface area contributed by atoms with E-state index in [-0.39, 0.29) is 25.6 Å². The predicted molar refractivity (Wildman–Crippen MR) is 103 cm³/mol. The number of hydrogen-bond acceptors (Lipinski definition) is 3. The molecule has 2 aromatic carbocycles. The third-order valence-corrected chi connectivity index (χ3v) is 4.14. The maximum absolute atomic E-state index is 12.4. The molecular formula is C20H22ClF3N2O2. The molecule has 1 N–H and O–H groups in total. The third kappa shape index (κ3) is 7.78. The first kappa shape index (κ1) is 22.0. The highest BCUT2D eigenvalue weighted by molar-refractivity contribution is 6.30. The Hall–Kier alpha value is -2.25. The summed E-state index contributed by atoms with van der Waals surface area (Å²) in [5, 5.41) is 3.35. The maximum Gasteiger partial charge on any atom is 0.401 e. The molecule has 0 aromatic heterocycles. The first-order valence-electron chi connectivity index (χ1n) is 8.74. The summed E-state index contributed by atoms with van der Waals surface area (Å²) in [6.07, 6.45) is -3.81. The smallest absolute Gasteiger partial charge is 0.401 e. The summed E-state index contributed by atoms with van der Waals surface area (Å²) in [7, 11) is 1.40. The number of halogens is 4. The van der Waals surface area contributed by atoms with Crippen molar-refractivity contribution < 1.29 is 22.7 Å². The zero-order chi connectivity index (χ0) is 20.6. The number of carbonyl (C=O) groups excluding carboxylic acids is 1. The maximum atomic E-state index is 12.4. The molecule has 1 amide bonds. The zero-order valence-electron chi connectivity index (χ0n) is 15.4. The number of para-hydroxylation sites is 1. The molecule has 0 saturated heterocycles. The van der Waals surface area contributed by atoms with Crippen LogP contribution in [0, 0.1) is 0 Å². The van der Waals surface area contributed by atoms with Gasteiger partial charge in [-0.1, -0.05) is 35.9 Å². The lowest BCUT2D eigenvalue weighted by atomic mass is 10.2. The molecule has 2 rings (SSSR count). The van der Waals surface area contributed by atoms with Crippen LogP contribution < -0.4 is 10.1 Å². The number of carbonyl (C=O) groups is 1. The highest BCUT2D eigenvalue weighted by atomic mass is 35.5. The van der Waals surface area contributed by atoms with Crippen molar-refractivity contribution in [2.45, 2.75) is 19.2 Å². The Morgan fingerprint density at radius 2 is 1.82 bits per heavy atom. The van der Waals surface area contributed by atoms with Gasteiger partial charge in [0.25, 0.3) is 5.91 Å². The van der Waals surface area contributed by atoms with Crippen molar-refractivity contribution in [3.05, 3.63) is 64.7 Å². The standard InChI is InChI=1S/C20H22ClF3N2O2/c1-26(14-20(22,23)24)12-4-11-25-19(27)17-5-2-3-6-18(17)28-13-15-7-9-16(21)10-8-15/h2-3,5-10H,4,11-14H2,1H3,(H,25,27). The molecule has 0 bridgehead atoms. The fraction of sp³-hybridized carbons (Fsp3) is 0.350. The first-order chi connectivity index (χ1) is 13.2. The molecule has 0 unspecified atom stereocenters. The Kier molecular flexibility index (Phi) is 8.14. The number of hydrogen-bond donors (Lipinski definition) is 1. The average Bonchev–Trinajstić information content (AvgIpc) is 2.63. The SMILES string of the molecule is CN(CCCNC(=O)c1ccccc1OCc1ccc(Cl)cc1)CC(F)(F)F. The number of rotatable bonds is 9. The van der Waals surface area contributed by atoms with Gasteiger partial charge in [-0.3, -0.25) is 9.69 Å². The number of amides is 1. The van der Waals surface area contributed by atoms with Crippen molar-refractivity contribution in [1.82, 2.24) is 10.2 Å². The summed E-state index contributed by atoms with van der Waals surface area (Å²) in [6, 6.07) is 14.0. The van der Waals surface area contributed by atoms with Gasteiger partial charge in [0.2, 0.25) is 0 Å². The van der Waals surface area contributed by atoms with Gasteiger partial charge in [-0.25, -0.2) is 0 Å². The van der Waals surface area contributed by atoms with E-state index in [9.17, 15) is 18.0 Å². The lowest BCUT2D eigenvalue weighted by Gasteiger charge is -2.18. The van der Waals surface area contributed by atoms with Gasteiger partial charge >= 0.3 is 6.18 Å². The second kappa shape index (κ2) is 10.3. The van der Waals surface area contributed by atoms with Crippen LogP contribution >= 0.6 is 11.6 Å². The van der Waals surface area contributed by atoms with E-state index in [1.807, 2.05) is 12.1 Å². The van der Waals surface area contributed by atoms with E-state index in [0.717, 1.165) is 5.56 Å². The van der Waals surface area contributed by atoms with E-state index >= 15 is 0 Å². The molecule has 0 spiro atoms. The quantitative estimate of drug-likeness (QED) is 0.613. The minimum Gasteiger partial charge on any atom is -0.488 e. The van der Waals surface area contributed by atoms with Crippen LogP contribution in [-0.4, -0.2) is 43.7 Å². The highest BCUT2D eigenvalue weighted by Crippen LogP contribution is 2.20. The largest absolute Gasteiger partial charge is 0.488 e. The molecule has 0 aliphatic heterocycles. The highest BCUT2D eigenvalue weighted by Gasteiger charge is 2.28. The van der Waals surface area contributed by atoms with E-state index < -0.39 is 12.7 Å². The summed E-state index contributed by atoms with van der Waals surface area (Å²) in [5.41, 5.74) is 1.28.